The standard InChI is InChI=1S/C18H20N6O.2ClH/c1-12-17(18(25)23-9-3-5-14(19)11-23)21-22-24(12)15-6-7-16-13(10-15)4-2-8-20-16;;/h2,4,6-8,10,14H,3,5,9,11,19H2,1H3;2*1H. The molecule has 144 valence electrons. The lowest BCUT2D eigenvalue weighted by Gasteiger charge is -2.30. The van der Waals surface area contributed by atoms with E-state index >= 15 is 0 Å². The summed E-state index contributed by atoms with van der Waals surface area (Å²) in [6.07, 6.45) is 3.65. The lowest BCUT2D eigenvalue weighted by Crippen LogP contribution is -2.46. The smallest absolute Gasteiger partial charge is 0.276 e. The van der Waals surface area contributed by atoms with Crippen molar-refractivity contribution in [2.24, 2.45) is 5.73 Å². The van der Waals surface area contributed by atoms with E-state index in [1.54, 1.807) is 15.8 Å². The number of aromatic nitrogens is 4. The maximum Gasteiger partial charge on any atom is 0.276 e. The first-order valence-corrected chi connectivity index (χ1v) is 8.46. The van der Waals surface area contributed by atoms with Crippen molar-refractivity contribution >= 4 is 41.6 Å². The molecular weight excluding hydrogens is 387 g/mol. The Labute approximate surface area is 169 Å². The van der Waals surface area contributed by atoms with Gasteiger partial charge in [-0.05, 0) is 44.0 Å². The SMILES string of the molecule is Cc1c(C(=O)N2CCCC(N)C2)nnn1-c1ccc2ncccc2c1.Cl.Cl. The molecule has 3 heterocycles. The van der Waals surface area contributed by atoms with E-state index in [0.29, 0.717) is 12.2 Å². The topological polar surface area (TPSA) is 89.9 Å². The van der Waals surface area contributed by atoms with Crippen LogP contribution in [0.1, 0.15) is 29.0 Å². The largest absolute Gasteiger partial charge is 0.336 e. The third kappa shape index (κ3) is 4.05. The Morgan fingerprint density at radius 3 is 2.85 bits per heavy atom. The molecule has 27 heavy (non-hydrogen) atoms. The van der Waals surface area contributed by atoms with Gasteiger partial charge in [-0.3, -0.25) is 9.78 Å². The lowest BCUT2D eigenvalue weighted by molar-refractivity contribution is 0.0702. The summed E-state index contributed by atoms with van der Waals surface area (Å²) in [5.74, 6) is -0.0960. The molecule has 1 atom stereocenters. The van der Waals surface area contributed by atoms with Gasteiger partial charge in [0.1, 0.15) is 0 Å². The zero-order chi connectivity index (χ0) is 17.4. The minimum Gasteiger partial charge on any atom is -0.336 e. The summed E-state index contributed by atoms with van der Waals surface area (Å²) in [5, 5.41) is 9.35. The van der Waals surface area contributed by atoms with Gasteiger partial charge in [0, 0.05) is 30.7 Å². The van der Waals surface area contributed by atoms with Gasteiger partial charge in [0.15, 0.2) is 5.69 Å². The third-order valence-electron chi connectivity index (χ3n) is 4.67. The summed E-state index contributed by atoms with van der Waals surface area (Å²) in [4.78, 5) is 18.9. The van der Waals surface area contributed by atoms with Crippen LogP contribution in [0.5, 0.6) is 0 Å². The van der Waals surface area contributed by atoms with Crippen LogP contribution in [0.4, 0.5) is 0 Å². The molecular formula is C18H22Cl2N6O. The molecule has 9 heteroatoms. The van der Waals surface area contributed by atoms with Crippen LogP contribution in [0.15, 0.2) is 36.5 Å². The number of hydrogen-bond acceptors (Lipinski definition) is 5. The molecule has 1 aliphatic heterocycles. The predicted octanol–water partition coefficient (Wildman–Crippen LogP) is 2.53. The molecule has 1 saturated heterocycles. The van der Waals surface area contributed by atoms with E-state index in [1.165, 1.54) is 0 Å². The van der Waals surface area contributed by atoms with Crippen LogP contribution >= 0.6 is 24.8 Å². The Hall–Kier alpha value is -2.22. The average molecular weight is 409 g/mol. The first-order chi connectivity index (χ1) is 12.1. The number of hydrogen-bond donors (Lipinski definition) is 1. The second-order valence-electron chi connectivity index (χ2n) is 6.47. The van der Waals surface area contributed by atoms with Gasteiger partial charge in [-0.25, -0.2) is 4.68 Å². The van der Waals surface area contributed by atoms with Gasteiger partial charge in [-0.2, -0.15) is 0 Å². The van der Waals surface area contributed by atoms with E-state index in [4.69, 9.17) is 5.73 Å². The monoisotopic (exact) mass is 408 g/mol. The van der Waals surface area contributed by atoms with Gasteiger partial charge in [0.2, 0.25) is 0 Å². The number of halogens is 2. The average Bonchev–Trinajstić information content (AvgIpc) is 3.02. The Morgan fingerprint density at radius 1 is 1.26 bits per heavy atom. The van der Waals surface area contributed by atoms with Crippen molar-refractivity contribution in [1.29, 1.82) is 0 Å². The second-order valence-corrected chi connectivity index (χ2v) is 6.47. The van der Waals surface area contributed by atoms with E-state index in [9.17, 15) is 4.79 Å². The number of rotatable bonds is 2. The fourth-order valence-corrected chi connectivity index (χ4v) is 3.31. The fourth-order valence-electron chi connectivity index (χ4n) is 3.31. The summed E-state index contributed by atoms with van der Waals surface area (Å²) in [6.45, 7) is 3.16. The fraction of sp³-hybridized carbons (Fsp3) is 0.333. The normalized spacial score (nSPS) is 16.5. The molecule has 0 spiro atoms. The molecule has 1 aliphatic rings. The van der Waals surface area contributed by atoms with E-state index in [2.05, 4.69) is 15.3 Å². The molecule has 0 aliphatic carbocycles. The molecule has 1 unspecified atom stereocenters. The molecule has 1 aromatic carbocycles. The Morgan fingerprint density at radius 2 is 2.07 bits per heavy atom. The van der Waals surface area contributed by atoms with Crippen LogP contribution in [0.2, 0.25) is 0 Å². The highest BCUT2D eigenvalue weighted by Crippen LogP contribution is 2.19. The molecule has 0 radical (unpaired) electrons. The predicted molar refractivity (Wildman–Crippen MR) is 109 cm³/mol. The maximum absolute atomic E-state index is 12.8. The summed E-state index contributed by atoms with van der Waals surface area (Å²) >= 11 is 0. The second kappa shape index (κ2) is 8.65. The van der Waals surface area contributed by atoms with Gasteiger partial charge in [-0.1, -0.05) is 11.3 Å². The molecule has 2 aromatic heterocycles. The minimum absolute atomic E-state index is 0. The molecule has 0 bridgehead atoms. The zero-order valence-corrected chi connectivity index (χ0v) is 16.5. The highest BCUT2D eigenvalue weighted by Gasteiger charge is 2.26. The molecule has 0 saturated carbocycles. The Balaban J connectivity index is 0.00000131. The van der Waals surface area contributed by atoms with Crippen molar-refractivity contribution in [3.8, 4) is 5.69 Å². The van der Waals surface area contributed by atoms with Gasteiger partial charge >= 0.3 is 0 Å². The molecule has 4 rings (SSSR count). The molecule has 7 nitrogen and oxygen atoms in total. The molecule has 1 fully saturated rings. The molecule has 3 aromatic rings. The number of fused-ring (bicyclic) bond motifs is 1. The van der Waals surface area contributed by atoms with E-state index in [0.717, 1.165) is 41.7 Å². The summed E-state index contributed by atoms with van der Waals surface area (Å²) in [5.41, 5.74) is 8.89. The van der Waals surface area contributed by atoms with E-state index in [-0.39, 0.29) is 36.8 Å². The number of nitrogens with zero attached hydrogens (tertiary/aromatic N) is 5. The quantitative estimate of drug-likeness (QED) is 0.703. The van der Waals surface area contributed by atoms with Gasteiger partial charge in [-0.15, -0.1) is 29.9 Å². The summed E-state index contributed by atoms with van der Waals surface area (Å²) in [6, 6.07) is 9.81. The van der Waals surface area contributed by atoms with Gasteiger partial charge in [0.05, 0.1) is 16.9 Å². The van der Waals surface area contributed by atoms with Crippen LogP contribution in [0.25, 0.3) is 16.6 Å². The number of carbonyl (C=O) groups is 1. The minimum atomic E-state index is -0.0960. The highest BCUT2D eigenvalue weighted by atomic mass is 35.5. The van der Waals surface area contributed by atoms with Crippen LogP contribution < -0.4 is 5.73 Å². The molecule has 1 amide bonds. The third-order valence-corrected chi connectivity index (χ3v) is 4.67. The van der Waals surface area contributed by atoms with Gasteiger partial charge < -0.3 is 10.6 Å². The Bertz CT molecular complexity index is 945. The van der Waals surface area contributed by atoms with Crippen molar-refractivity contribution in [1.82, 2.24) is 24.9 Å². The van der Waals surface area contributed by atoms with Crippen molar-refractivity contribution < 1.29 is 4.79 Å². The first kappa shape index (κ1) is 21.1. The van der Waals surface area contributed by atoms with Crippen LogP contribution in [0, 0.1) is 6.92 Å². The lowest BCUT2D eigenvalue weighted by atomic mass is 10.1. The van der Waals surface area contributed by atoms with E-state index in [1.807, 2.05) is 37.3 Å². The Kier molecular flexibility index (Phi) is 6.75. The van der Waals surface area contributed by atoms with Crippen LogP contribution in [-0.2, 0) is 0 Å². The number of amides is 1. The van der Waals surface area contributed by atoms with Crippen molar-refractivity contribution in [3.05, 3.63) is 47.9 Å². The number of likely N-dealkylation sites (tertiary alicyclic amines) is 1. The van der Waals surface area contributed by atoms with Crippen LogP contribution in [0.3, 0.4) is 0 Å². The molecule has 2 N–H and O–H groups in total. The number of benzene rings is 1. The van der Waals surface area contributed by atoms with Crippen molar-refractivity contribution in [2.45, 2.75) is 25.8 Å². The number of pyridine rings is 1. The van der Waals surface area contributed by atoms with Crippen molar-refractivity contribution in [3.63, 3.8) is 0 Å². The first-order valence-electron chi connectivity index (χ1n) is 8.46. The van der Waals surface area contributed by atoms with Gasteiger partial charge in [0.25, 0.3) is 5.91 Å². The van der Waals surface area contributed by atoms with E-state index < -0.39 is 0 Å². The number of nitrogens with two attached hydrogens (primary N) is 1. The summed E-state index contributed by atoms with van der Waals surface area (Å²) in [7, 11) is 0. The zero-order valence-electron chi connectivity index (χ0n) is 14.9. The summed E-state index contributed by atoms with van der Waals surface area (Å²) < 4.78 is 1.70. The maximum atomic E-state index is 12.8. The number of piperidine rings is 1. The number of carbonyl (C=O) groups excluding carboxylic acids is 1. The highest BCUT2D eigenvalue weighted by molar-refractivity contribution is 5.93. The van der Waals surface area contributed by atoms with Crippen molar-refractivity contribution in [2.75, 3.05) is 13.1 Å². The van der Waals surface area contributed by atoms with Crippen LogP contribution in [-0.4, -0.2) is 49.9 Å².